The van der Waals surface area contributed by atoms with E-state index in [-0.39, 0.29) is 0 Å². The number of nitrogens with zero attached hydrogens (tertiary/aromatic N) is 2. The van der Waals surface area contributed by atoms with Gasteiger partial charge in [-0.15, -0.1) is 0 Å². The molecule has 0 radical (unpaired) electrons. The molecule has 1 aliphatic heterocycles. The Morgan fingerprint density at radius 2 is 2.29 bits per heavy atom. The summed E-state index contributed by atoms with van der Waals surface area (Å²) in [6.07, 6.45) is 4.92. The summed E-state index contributed by atoms with van der Waals surface area (Å²) in [6, 6.07) is 4.14. The number of methoxy groups -OCH3 is 1. The lowest BCUT2D eigenvalue weighted by atomic mass is 10.1. The maximum Gasteiger partial charge on any atom is 0.213 e. The summed E-state index contributed by atoms with van der Waals surface area (Å²) in [6.45, 7) is 5.60. The molecular weight excluding hydrogens is 212 g/mol. The van der Waals surface area contributed by atoms with E-state index in [9.17, 15) is 0 Å². The predicted octanol–water partition coefficient (Wildman–Crippen LogP) is 2.64. The van der Waals surface area contributed by atoms with Crippen LogP contribution >= 0.6 is 0 Å². The SMILES string of the molecule is CCCCN1CCCc2ccc(OC)nc2C1. The van der Waals surface area contributed by atoms with Crippen LogP contribution < -0.4 is 4.74 Å². The number of hydrogen-bond acceptors (Lipinski definition) is 3. The summed E-state index contributed by atoms with van der Waals surface area (Å²) < 4.78 is 5.21. The van der Waals surface area contributed by atoms with E-state index in [0.717, 1.165) is 18.8 Å². The Balaban J connectivity index is 2.11. The zero-order chi connectivity index (χ0) is 12.1. The summed E-state index contributed by atoms with van der Waals surface area (Å²) in [7, 11) is 1.68. The fraction of sp³-hybridized carbons (Fsp3) is 0.643. The molecular formula is C14H22N2O. The normalized spacial score (nSPS) is 16.4. The smallest absolute Gasteiger partial charge is 0.213 e. The number of aryl methyl sites for hydroxylation is 1. The minimum atomic E-state index is 0.737. The van der Waals surface area contributed by atoms with Gasteiger partial charge in [0.05, 0.1) is 12.8 Å². The zero-order valence-corrected chi connectivity index (χ0v) is 10.9. The molecule has 3 nitrogen and oxygen atoms in total. The van der Waals surface area contributed by atoms with Gasteiger partial charge in [0, 0.05) is 12.6 Å². The highest BCUT2D eigenvalue weighted by molar-refractivity contribution is 5.26. The van der Waals surface area contributed by atoms with Gasteiger partial charge in [0.25, 0.3) is 0 Å². The van der Waals surface area contributed by atoms with Crippen LogP contribution in [-0.4, -0.2) is 30.1 Å². The van der Waals surface area contributed by atoms with Crippen molar-refractivity contribution in [2.45, 2.75) is 39.2 Å². The first-order chi connectivity index (χ1) is 8.33. The second-order valence-electron chi connectivity index (χ2n) is 4.69. The minimum absolute atomic E-state index is 0.737. The quantitative estimate of drug-likeness (QED) is 0.801. The lowest BCUT2D eigenvalue weighted by Crippen LogP contribution is -2.24. The van der Waals surface area contributed by atoms with Crippen molar-refractivity contribution in [3.05, 3.63) is 23.4 Å². The Morgan fingerprint density at radius 3 is 3.06 bits per heavy atom. The van der Waals surface area contributed by atoms with Crippen LogP contribution in [0.2, 0.25) is 0 Å². The number of hydrogen-bond donors (Lipinski definition) is 0. The molecule has 0 aromatic carbocycles. The van der Waals surface area contributed by atoms with Gasteiger partial charge in [-0.05, 0) is 37.9 Å². The summed E-state index contributed by atoms with van der Waals surface area (Å²) in [5.41, 5.74) is 2.60. The van der Waals surface area contributed by atoms with E-state index < -0.39 is 0 Å². The van der Waals surface area contributed by atoms with Crippen molar-refractivity contribution in [1.82, 2.24) is 9.88 Å². The number of aromatic nitrogens is 1. The average molecular weight is 234 g/mol. The minimum Gasteiger partial charge on any atom is -0.481 e. The molecule has 1 aromatic rings. The first-order valence-corrected chi connectivity index (χ1v) is 6.58. The van der Waals surface area contributed by atoms with Crippen molar-refractivity contribution in [1.29, 1.82) is 0 Å². The Hall–Kier alpha value is -1.09. The first kappa shape index (κ1) is 12.4. The lowest BCUT2D eigenvalue weighted by molar-refractivity contribution is 0.262. The highest BCUT2D eigenvalue weighted by Gasteiger charge is 2.15. The fourth-order valence-electron chi connectivity index (χ4n) is 2.34. The molecule has 2 heterocycles. The molecule has 0 amide bonds. The molecule has 0 N–H and O–H groups in total. The average Bonchev–Trinajstić information content (AvgIpc) is 2.56. The third-order valence-corrected chi connectivity index (χ3v) is 3.37. The molecule has 0 saturated heterocycles. The van der Waals surface area contributed by atoms with E-state index in [0.29, 0.717) is 0 Å². The van der Waals surface area contributed by atoms with Crippen molar-refractivity contribution in [2.24, 2.45) is 0 Å². The second-order valence-corrected chi connectivity index (χ2v) is 4.69. The van der Waals surface area contributed by atoms with Crippen molar-refractivity contribution < 1.29 is 4.74 Å². The fourth-order valence-corrected chi connectivity index (χ4v) is 2.34. The van der Waals surface area contributed by atoms with E-state index in [1.165, 1.54) is 43.6 Å². The van der Waals surface area contributed by atoms with Gasteiger partial charge in [0.15, 0.2) is 0 Å². The van der Waals surface area contributed by atoms with E-state index in [1.54, 1.807) is 7.11 Å². The van der Waals surface area contributed by atoms with Gasteiger partial charge in [-0.1, -0.05) is 19.4 Å². The van der Waals surface area contributed by atoms with Crippen LogP contribution in [0.5, 0.6) is 5.88 Å². The van der Waals surface area contributed by atoms with Gasteiger partial charge in [-0.3, -0.25) is 4.90 Å². The first-order valence-electron chi connectivity index (χ1n) is 6.58. The summed E-state index contributed by atoms with van der Waals surface area (Å²) in [5, 5.41) is 0. The van der Waals surface area contributed by atoms with E-state index in [2.05, 4.69) is 22.9 Å². The Morgan fingerprint density at radius 1 is 1.41 bits per heavy atom. The van der Waals surface area contributed by atoms with Crippen LogP contribution in [0.15, 0.2) is 12.1 Å². The largest absolute Gasteiger partial charge is 0.481 e. The highest BCUT2D eigenvalue weighted by Crippen LogP contribution is 2.20. The van der Waals surface area contributed by atoms with Crippen LogP contribution in [-0.2, 0) is 13.0 Å². The highest BCUT2D eigenvalue weighted by atomic mass is 16.5. The molecule has 2 rings (SSSR count). The number of ether oxygens (including phenoxy) is 1. The molecule has 3 heteroatoms. The molecule has 17 heavy (non-hydrogen) atoms. The monoisotopic (exact) mass is 234 g/mol. The molecule has 1 aliphatic rings. The van der Waals surface area contributed by atoms with Crippen LogP contribution in [0.3, 0.4) is 0 Å². The summed E-state index contributed by atoms with van der Waals surface area (Å²) >= 11 is 0. The molecule has 1 aromatic heterocycles. The Kier molecular flexibility index (Phi) is 4.37. The van der Waals surface area contributed by atoms with Gasteiger partial charge < -0.3 is 4.74 Å². The standard InChI is InChI=1S/C14H22N2O/c1-3-4-9-16-10-5-6-12-7-8-14(17-2)15-13(12)11-16/h7-8H,3-6,9-11H2,1-2H3. The zero-order valence-electron chi connectivity index (χ0n) is 10.9. The molecule has 0 bridgehead atoms. The molecule has 0 aliphatic carbocycles. The Bertz CT molecular complexity index is 363. The number of unbranched alkanes of at least 4 members (excludes halogenated alkanes) is 1. The second kappa shape index (κ2) is 6.01. The number of rotatable bonds is 4. The predicted molar refractivity (Wildman–Crippen MR) is 69.3 cm³/mol. The van der Waals surface area contributed by atoms with Crippen LogP contribution in [0.25, 0.3) is 0 Å². The number of pyridine rings is 1. The summed E-state index contributed by atoms with van der Waals surface area (Å²) in [4.78, 5) is 7.10. The molecule has 0 unspecified atom stereocenters. The molecule has 0 saturated carbocycles. The van der Waals surface area contributed by atoms with Gasteiger partial charge >= 0.3 is 0 Å². The van der Waals surface area contributed by atoms with Gasteiger partial charge in [-0.2, -0.15) is 0 Å². The molecule has 0 fully saturated rings. The third kappa shape index (κ3) is 3.19. The van der Waals surface area contributed by atoms with Crippen molar-refractivity contribution in [2.75, 3.05) is 20.2 Å². The molecule has 94 valence electrons. The number of fused-ring (bicyclic) bond motifs is 1. The van der Waals surface area contributed by atoms with Crippen LogP contribution in [0.4, 0.5) is 0 Å². The van der Waals surface area contributed by atoms with Gasteiger partial charge in [0.1, 0.15) is 0 Å². The van der Waals surface area contributed by atoms with Crippen molar-refractivity contribution in [3.63, 3.8) is 0 Å². The topological polar surface area (TPSA) is 25.4 Å². The lowest BCUT2D eigenvalue weighted by Gasteiger charge is -2.19. The van der Waals surface area contributed by atoms with Gasteiger partial charge in [0.2, 0.25) is 5.88 Å². The maximum absolute atomic E-state index is 5.21. The Labute approximate surface area is 104 Å². The van der Waals surface area contributed by atoms with Crippen LogP contribution in [0, 0.1) is 0 Å². The van der Waals surface area contributed by atoms with Crippen molar-refractivity contribution >= 4 is 0 Å². The van der Waals surface area contributed by atoms with Gasteiger partial charge in [-0.25, -0.2) is 4.98 Å². The van der Waals surface area contributed by atoms with Crippen LogP contribution in [0.1, 0.15) is 37.4 Å². The van der Waals surface area contributed by atoms with E-state index in [4.69, 9.17) is 4.74 Å². The maximum atomic E-state index is 5.21. The third-order valence-electron chi connectivity index (χ3n) is 3.37. The van der Waals surface area contributed by atoms with E-state index >= 15 is 0 Å². The molecule has 0 spiro atoms. The molecule has 0 atom stereocenters. The van der Waals surface area contributed by atoms with Crippen molar-refractivity contribution in [3.8, 4) is 5.88 Å². The summed E-state index contributed by atoms with van der Waals surface area (Å²) in [5.74, 6) is 0.737. The van der Waals surface area contributed by atoms with E-state index in [1.807, 2.05) is 6.07 Å².